The third kappa shape index (κ3) is 6.64. The van der Waals surface area contributed by atoms with Gasteiger partial charge in [0, 0.05) is 6.42 Å². The molecule has 0 rings (SSSR count). The maximum atomic E-state index is 13.2. The number of rotatable bonds is 4. The SMILES string of the molecule is CCCCC(F)(F)[C@@H](O)C#C[Si](C)(C)C. The van der Waals surface area contributed by atoms with Crippen molar-refractivity contribution in [1.29, 1.82) is 0 Å². The highest BCUT2D eigenvalue weighted by Crippen LogP contribution is 2.25. The Morgan fingerprint density at radius 1 is 1.33 bits per heavy atom. The molecule has 0 saturated carbocycles. The van der Waals surface area contributed by atoms with Crippen molar-refractivity contribution < 1.29 is 13.9 Å². The van der Waals surface area contributed by atoms with Crippen LogP contribution in [0.2, 0.25) is 19.6 Å². The van der Waals surface area contributed by atoms with Gasteiger partial charge in [-0.1, -0.05) is 38.9 Å². The van der Waals surface area contributed by atoms with Crippen LogP contribution in [-0.4, -0.2) is 25.2 Å². The van der Waals surface area contributed by atoms with Crippen molar-refractivity contribution in [2.75, 3.05) is 0 Å². The predicted molar refractivity (Wildman–Crippen MR) is 61.6 cm³/mol. The molecule has 0 amide bonds. The zero-order chi connectivity index (χ0) is 12.1. The number of hydrogen-bond donors (Lipinski definition) is 1. The summed E-state index contributed by atoms with van der Waals surface area (Å²) in [4.78, 5) is 0. The van der Waals surface area contributed by atoms with Gasteiger partial charge in [0.2, 0.25) is 0 Å². The van der Waals surface area contributed by atoms with Gasteiger partial charge in [0.25, 0.3) is 5.92 Å². The second-order valence-corrected chi connectivity index (χ2v) is 9.54. The first-order valence-corrected chi connectivity index (χ1v) is 8.77. The van der Waals surface area contributed by atoms with Gasteiger partial charge in [-0.05, 0) is 6.42 Å². The van der Waals surface area contributed by atoms with Crippen molar-refractivity contribution in [3.05, 3.63) is 0 Å². The van der Waals surface area contributed by atoms with Gasteiger partial charge in [0.05, 0.1) is 0 Å². The van der Waals surface area contributed by atoms with E-state index in [1.807, 2.05) is 26.6 Å². The molecule has 0 fully saturated rings. The lowest BCUT2D eigenvalue weighted by Crippen LogP contribution is -2.32. The molecule has 4 heteroatoms. The molecular formula is C11H20F2OSi. The number of hydrogen-bond acceptors (Lipinski definition) is 1. The lowest BCUT2D eigenvalue weighted by atomic mass is 10.1. The second kappa shape index (κ2) is 5.62. The second-order valence-electron chi connectivity index (χ2n) is 4.79. The summed E-state index contributed by atoms with van der Waals surface area (Å²) in [7, 11) is -1.68. The fraction of sp³-hybridized carbons (Fsp3) is 0.818. The summed E-state index contributed by atoms with van der Waals surface area (Å²) >= 11 is 0. The van der Waals surface area contributed by atoms with E-state index in [-0.39, 0.29) is 6.42 Å². The van der Waals surface area contributed by atoms with Gasteiger partial charge in [-0.25, -0.2) is 8.78 Å². The first kappa shape index (κ1) is 14.6. The van der Waals surface area contributed by atoms with E-state index in [2.05, 4.69) is 11.5 Å². The fourth-order valence-electron chi connectivity index (χ4n) is 0.940. The number of aliphatic hydroxyl groups is 1. The Hall–Kier alpha value is -0.403. The molecule has 0 aromatic heterocycles. The van der Waals surface area contributed by atoms with Crippen LogP contribution in [0.3, 0.4) is 0 Å². The number of halogens is 2. The highest BCUT2D eigenvalue weighted by molar-refractivity contribution is 6.83. The normalized spacial score (nSPS) is 14.3. The van der Waals surface area contributed by atoms with E-state index >= 15 is 0 Å². The summed E-state index contributed by atoms with van der Waals surface area (Å²) < 4.78 is 26.5. The fourth-order valence-corrected chi connectivity index (χ4v) is 1.51. The van der Waals surface area contributed by atoms with Crippen LogP contribution in [0, 0.1) is 11.5 Å². The molecule has 0 aliphatic rings. The summed E-state index contributed by atoms with van der Waals surface area (Å²) in [5.41, 5.74) is 2.76. The molecule has 1 nitrogen and oxygen atoms in total. The minimum Gasteiger partial charge on any atom is -0.374 e. The molecule has 0 aromatic rings. The smallest absolute Gasteiger partial charge is 0.284 e. The van der Waals surface area contributed by atoms with Gasteiger partial charge < -0.3 is 5.11 Å². The largest absolute Gasteiger partial charge is 0.374 e. The van der Waals surface area contributed by atoms with E-state index in [9.17, 15) is 13.9 Å². The van der Waals surface area contributed by atoms with Gasteiger partial charge in [-0.15, -0.1) is 5.54 Å². The van der Waals surface area contributed by atoms with E-state index in [1.54, 1.807) is 0 Å². The Labute approximate surface area is 91.9 Å². The van der Waals surface area contributed by atoms with Crippen LogP contribution in [0.1, 0.15) is 26.2 Å². The monoisotopic (exact) mass is 234 g/mol. The molecule has 0 heterocycles. The van der Waals surface area contributed by atoms with Crippen LogP contribution in [0.4, 0.5) is 8.78 Å². The lowest BCUT2D eigenvalue weighted by Gasteiger charge is -2.18. The first-order chi connectivity index (χ1) is 6.69. The summed E-state index contributed by atoms with van der Waals surface area (Å²) in [6.45, 7) is 7.71. The molecule has 88 valence electrons. The van der Waals surface area contributed by atoms with E-state index in [4.69, 9.17) is 0 Å². The molecule has 0 unspecified atom stereocenters. The molecular weight excluding hydrogens is 214 g/mol. The highest BCUT2D eigenvalue weighted by Gasteiger charge is 2.36. The van der Waals surface area contributed by atoms with Crippen molar-refractivity contribution >= 4 is 8.07 Å². The van der Waals surface area contributed by atoms with E-state index < -0.39 is 20.1 Å². The first-order valence-electron chi connectivity index (χ1n) is 5.27. The summed E-state index contributed by atoms with van der Waals surface area (Å²) in [6.07, 6.45) is -0.983. The Morgan fingerprint density at radius 2 is 1.87 bits per heavy atom. The standard InChI is InChI=1S/C11H20F2OSi/c1-5-6-8-11(12,13)10(14)7-9-15(2,3)4/h10,14H,5-6,8H2,1-4H3/t10-/m0/s1. The van der Waals surface area contributed by atoms with Crippen molar-refractivity contribution in [2.45, 2.75) is 57.9 Å². The maximum Gasteiger partial charge on any atom is 0.284 e. The molecule has 0 aliphatic heterocycles. The molecule has 15 heavy (non-hydrogen) atoms. The molecule has 0 saturated heterocycles. The van der Waals surface area contributed by atoms with Crippen LogP contribution in [-0.2, 0) is 0 Å². The van der Waals surface area contributed by atoms with E-state index in [0.29, 0.717) is 12.8 Å². The Kier molecular flexibility index (Phi) is 5.47. The number of unbranched alkanes of at least 4 members (excludes halogenated alkanes) is 1. The van der Waals surface area contributed by atoms with E-state index in [1.165, 1.54) is 0 Å². The molecule has 0 bridgehead atoms. The third-order valence-electron chi connectivity index (χ3n) is 1.85. The summed E-state index contributed by atoms with van der Waals surface area (Å²) in [5.74, 6) is -0.778. The Morgan fingerprint density at radius 3 is 2.27 bits per heavy atom. The summed E-state index contributed by atoms with van der Waals surface area (Å²) in [5, 5.41) is 9.27. The highest BCUT2D eigenvalue weighted by atomic mass is 28.3. The van der Waals surface area contributed by atoms with Crippen molar-refractivity contribution in [1.82, 2.24) is 0 Å². The Bertz CT molecular complexity index is 248. The molecule has 1 N–H and O–H groups in total. The van der Waals surface area contributed by atoms with Crippen LogP contribution < -0.4 is 0 Å². The minimum atomic E-state index is -3.07. The summed E-state index contributed by atoms with van der Waals surface area (Å²) in [6, 6.07) is 0. The Balaban J connectivity index is 4.40. The topological polar surface area (TPSA) is 20.2 Å². The van der Waals surface area contributed by atoms with Crippen LogP contribution in [0.25, 0.3) is 0 Å². The van der Waals surface area contributed by atoms with Crippen molar-refractivity contribution in [2.24, 2.45) is 0 Å². The van der Waals surface area contributed by atoms with Gasteiger partial charge in [-0.3, -0.25) is 0 Å². The molecule has 0 spiro atoms. The maximum absolute atomic E-state index is 13.2. The number of alkyl halides is 2. The zero-order valence-corrected chi connectivity index (χ0v) is 10.9. The van der Waals surface area contributed by atoms with Crippen LogP contribution >= 0.6 is 0 Å². The number of aliphatic hydroxyl groups excluding tert-OH is 1. The van der Waals surface area contributed by atoms with Gasteiger partial charge in [0.15, 0.2) is 6.10 Å². The van der Waals surface area contributed by atoms with E-state index in [0.717, 1.165) is 0 Å². The van der Waals surface area contributed by atoms with Crippen molar-refractivity contribution in [3.8, 4) is 11.5 Å². The molecule has 1 atom stereocenters. The quantitative estimate of drug-likeness (QED) is 0.585. The van der Waals surface area contributed by atoms with Crippen molar-refractivity contribution in [3.63, 3.8) is 0 Å². The van der Waals surface area contributed by atoms with Crippen LogP contribution in [0.5, 0.6) is 0 Å². The molecule has 0 aromatic carbocycles. The lowest BCUT2D eigenvalue weighted by molar-refractivity contribution is -0.0887. The average Bonchev–Trinajstić information content (AvgIpc) is 2.09. The predicted octanol–water partition coefficient (Wildman–Crippen LogP) is 3.05. The van der Waals surface area contributed by atoms with Gasteiger partial charge in [0.1, 0.15) is 8.07 Å². The minimum absolute atomic E-state index is 0.287. The average molecular weight is 234 g/mol. The molecule has 0 radical (unpaired) electrons. The third-order valence-corrected chi connectivity index (χ3v) is 2.74. The van der Waals surface area contributed by atoms with Crippen LogP contribution in [0.15, 0.2) is 0 Å². The van der Waals surface area contributed by atoms with Gasteiger partial charge in [-0.2, -0.15) is 0 Å². The zero-order valence-electron chi connectivity index (χ0n) is 9.90. The van der Waals surface area contributed by atoms with Gasteiger partial charge >= 0.3 is 0 Å². The molecule has 0 aliphatic carbocycles.